The van der Waals surface area contributed by atoms with Gasteiger partial charge in [0.2, 0.25) is 15.9 Å². The molecule has 0 aliphatic carbocycles. The Balaban J connectivity index is 1.97. The van der Waals surface area contributed by atoms with E-state index in [0.717, 1.165) is 29.4 Å². The Morgan fingerprint density at radius 3 is 2.74 bits per heavy atom. The zero-order chi connectivity index (χ0) is 19.6. The molecule has 0 radical (unpaired) electrons. The molecular formula is C20H24N2O3S2. The third kappa shape index (κ3) is 4.15. The van der Waals surface area contributed by atoms with E-state index in [1.807, 2.05) is 36.1 Å². The summed E-state index contributed by atoms with van der Waals surface area (Å²) in [6.07, 6.45) is 3.41. The molecule has 0 saturated carbocycles. The molecule has 3 rings (SSSR count). The molecule has 2 aromatic rings. The minimum Gasteiger partial charge on any atom is -0.330 e. The summed E-state index contributed by atoms with van der Waals surface area (Å²) in [5.41, 5.74) is 3.34. The zero-order valence-corrected chi connectivity index (χ0v) is 17.2. The van der Waals surface area contributed by atoms with Crippen LogP contribution in [-0.2, 0) is 21.2 Å². The van der Waals surface area contributed by atoms with Crippen LogP contribution in [0.5, 0.6) is 0 Å². The van der Waals surface area contributed by atoms with E-state index in [2.05, 4.69) is 18.0 Å². The highest BCUT2D eigenvalue weighted by atomic mass is 32.2. The Morgan fingerprint density at radius 2 is 2.07 bits per heavy atom. The molecule has 0 fully saturated rings. The lowest BCUT2D eigenvalue weighted by atomic mass is 9.90. The summed E-state index contributed by atoms with van der Waals surface area (Å²) in [6.45, 7) is 6.17. The zero-order valence-electron chi connectivity index (χ0n) is 15.6. The number of carbonyl (C=O) groups excluding carboxylic acids is 1. The van der Waals surface area contributed by atoms with Gasteiger partial charge in [-0.1, -0.05) is 30.3 Å². The summed E-state index contributed by atoms with van der Waals surface area (Å²) < 4.78 is 25.2. The van der Waals surface area contributed by atoms with Gasteiger partial charge < -0.3 is 4.90 Å². The van der Waals surface area contributed by atoms with E-state index in [1.54, 1.807) is 11.3 Å². The fourth-order valence-electron chi connectivity index (χ4n) is 3.52. The lowest BCUT2D eigenvalue weighted by Gasteiger charge is -2.38. The molecule has 0 bridgehead atoms. The number of hydrogen-bond donors (Lipinski definition) is 0. The number of hydrogen-bond acceptors (Lipinski definition) is 4. The van der Waals surface area contributed by atoms with Crippen LogP contribution in [-0.4, -0.2) is 49.4 Å². The van der Waals surface area contributed by atoms with Crippen LogP contribution in [0.2, 0.25) is 0 Å². The van der Waals surface area contributed by atoms with Crippen LogP contribution in [0.3, 0.4) is 0 Å². The Kier molecular flexibility index (Phi) is 5.83. The molecule has 1 aromatic carbocycles. The first kappa shape index (κ1) is 19.8. The number of thiophene rings is 1. The molecule has 0 saturated heterocycles. The van der Waals surface area contributed by atoms with Gasteiger partial charge in [0.25, 0.3) is 0 Å². The fourth-order valence-corrected chi connectivity index (χ4v) is 5.14. The van der Waals surface area contributed by atoms with Crippen LogP contribution >= 0.6 is 11.3 Å². The first-order valence-corrected chi connectivity index (χ1v) is 11.5. The molecular weight excluding hydrogens is 380 g/mol. The minimum absolute atomic E-state index is 0.122. The van der Waals surface area contributed by atoms with Crippen LogP contribution in [0.4, 0.5) is 0 Å². The largest absolute Gasteiger partial charge is 0.330 e. The molecule has 1 amide bonds. The second-order valence-corrected chi connectivity index (χ2v) is 9.72. The first-order valence-electron chi connectivity index (χ1n) is 8.80. The van der Waals surface area contributed by atoms with Gasteiger partial charge in [-0.25, -0.2) is 8.42 Å². The summed E-state index contributed by atoms with van der Waals surface area (Å²) in [6, 6.07) is 9.95. The van der Waals surface area contributed by atoms with E-state index in [-0.39, 0.29) is 25.0 Å². The first-order chi connectivity index (χ1) is 12.8. The Bertz CT molecular complexity index is 950. The van der Waals surface area contributed by atoms with Gasteiger partial charge in [-0.3, -0.25) is 4.79 Å². The second-order valence-electron chi connectivity index (χ2n) is 6.74. The Hall–Kier alpha value is -1.96. The quantitative estimate of drug-likeness (QED) is 0.696. The molecule has 5 nitrogen and oxygen atoms in total. The van der Waals surface area contributed by atoms with E-state index >= 15 is 0 Å². The number of amides is 1. The average molecular weight is 405 g/mol. The van der Waals surface area contributed by atoms with E-state index in [9.17, 15) is 13.2 Å². The van der Waals surface area contributed by atoms with Gasteiger partial charge in [0.05, 0.1) is 18.8 Å². The number of rotatable bonds is 6. The summed E-state index contributed by atoms with van der Waals surface area (Å²) in [5.74, 6) is -0.188. The topological polar surface area (TPSA) is 57.7 Å². The SMILES string of the molecule is C=CCN(CC(=O)N1CCc2sccc2[C@H]1c1ccccc1C)S(C)(=O)=O. The van der Waals surface area contributed by atoms with Crippen LogP contribution in [0.1, 0.15) is 27.6 Å². The van der Waals surface area contributed by atoms with Gasteiger partial charge in [-0.15, -0.1) is 17.9 Å². The number of sulfonamides is 1. The van der Waals surface area contributed by atoms with Crippen molar-refractivity contribution in [2.24, 2.45) is 0 Å². The molecule has 1 aromatic heterocycles. The van der Waals surface area contributed by atoms with Gasteiger partial charge in [-0.2, -0.15) is 4.31 Å². The summed E-state index contributed by atoms with van der Waals surface area (Å²) in [4.78, 5) is 16.3. The third-order valence-electron chi connectivity index (χ3n) is 4.88. The molecule has 27 heavy (non-hydrogen) atoms. The van der Waals surface area contributed by atoms with E-state index < -0.39 is 10.0 Å². The summed E-state index contributed by atoms with van der Waals surface area (Å²) in [7, 11) is -3.48. The predicted octanol–water partition coefficient (Wildman–Crippen LogP) is 2.98. The van der Waals surface area contributed by atoms with E-state index in [4.69, 9.17) is 0 Å². The Labute approximate surface area is 165 Å². The maximum absolute atomic E-state index is 13.1. The summed E-state index contributed by atoms with van der Waals surface area (Å²) >= 11 is 1.71. The second kappa shape index (κ2) is 7.96. The molecule has 144 valence electrons. The average Bonchev–Trinajstić information content (AvgIpc) is 3.09. The molecule has 7 heteroatoms. The van der Waals surface area contributed by atoms with Crippen molar-refractivity contribution >= 4 is 27.3 Å². The molecule has 0 N–H and O–H groups in total. The summed E-state index contributed by atoms with van der Waals surface area (Å²) in [5, 5.41) is 2.06. The van der Waals surface area contributed by atoms with E-state index in [1.165, 1.54) is 15.3 Å². The van der Waals surface area contributed by atoms with Crippen molar-refractivity contribution in [3.8, 4) is 0 Å². The van der Waals surface area contributed by atoms with Crippen LogP contribution in [0.25, 0.3) is 0 Å². The molecule has 1 aliphatic rings. The van der Waals surface area contributed by atoms with Gasteiger partial charge in [0.15, 0.2) is 0 Å². The standard InChI is InChI=1S/C20H24N2O3S2/c1-4-11-21(27(3,24)25)14-19(23)22-12-9-18-17(10-13-26-18)20(22)16-8-6-5-7-15(16)2/h4-8,10,13,20H,1,9,11-12,14H2,2-3H3/t20-/m1/s1. The predicted molar refractivity (Wildman–Crippen MR) is 109 cm³/mol. The lowest BCUT2D eigenvalue weighted by molar-refractivity contribution is -0.133. The molecule has 0 unspecified atom stereocenters. The van der Waals surface area contributed by atoms with Crippen molar-refractivity contribution in [2.75, 3.05) is 25.9 Å². The molecule has 0 spiro atoms. The monoisotopic (exact) mass is 404 g/mol. The van der Waals surface area contributed by atoms with Gasteiger partial charge >= 0.3 is 0 Å². The fraction of sp³-hybridized carbons (Fsp3) is 0.350. The van der Waals surface area contributed by atoms with Crippen molar-refractivity contribution in [3.05, 3.63) is 69.9 Å². The highest BCUT2D eigenvalue weighted by Crippen LogP contribution is 2.38. The van der Waals surface area contributed by atoms with Gasteiger partial charge in [-0.05, 0) is 41.5 Å². The van der Waals surface area contributed by atoms with Crippen molar-refractivity contribution in [1.82, 2.24) is 9.21 Å². The highest BCUT2D eigenvalue weighted by Gasteiger charge is 2.34. The Morgan fingerprint density at radius 1 is 1.33 bits per heavy atom. The van der Waals surface area contributed by atoms with Gasteiger partial charge in [0.1, 0.15) is 0 Å². The van der Waals surface area contributed by atoms with Crippen molar-refractivity contribution < 1.29 is 13.2 Å². The van der Waals surface area contributed by atoms with Crippen LogP contribution in [0, 0.1) is 6.92 Å². The van der Waals surface area contributed by atoms with Crippen molar-refractivity contribution in [1.29, 1.82) is 0 Å². The minimum atomic E-state index is -3.48. The number of aryl methyl sites for hydroxylation is 1. The molecule has 1 aliphatic heterocycles. The third-order valence-corrected chi connectivity index (χ3v) is 7.10. The number of carbonyl (C=O) groups is 1. The normalized spacial score (nSPS) is 17.0. The maximum atomic E-state index is 13.1. The smallest absolute Gasteiger partial charge is 0.238 e. The number of fused-ring (bicyclic) bond motifs is 1. The van der Waals surface area contributed by atoms with Crippen LogP contribution < -0.4 is 0 Å². The van der Waals surface area contributed by atoms with Crippen LogP contribution in [0.15, 0.2) is 48.4 Å². The molecule has 1 atom stereocenters. The molecule has 2 heterocycles. The number of nitrogens with zero attached hydrogens (tertiary/aromatic N) is 2. The van der Waals surface area contributed by atoms with E-state index in [0.29, 0.717) is 6.54 Å². The van der Waals surface area contributed by atoms with Crippen molar-refractivity contribution in [3.63, 3.8) is 0 Å². The lowest BCUT2D eigenvalue weighted by Crippen LogP contribution is -2.46. The maximum Gasteiger partial charge on any atom is 0.238 e. The highest BCUT2D eigenvalue weighted by molar-refractivity contribution is 7.88. The van der Waals surface area contributed by atoms with Gasteiger partial charge in [0, 0.05) is 18.0 Å². The number of benzene rings is 1. The van der Waals surface area contributed by atoms with Crippen molar-refractivity contribution in [2.45, 2.75) is 19.4 Å².